The summed E-state index contributed by atoms with van der Waals surface area (Å²) >= 11 is 7.95. The van der Waals surface area contributed by atoms with Crippen LogP contribution in [-0.2, 0) is 4.79 Å². The molecule has 2 aromatic rings. The Labute approximate surface area is 115 Å². The van der Waals surface area contributed by atoms with Gasteiger partial charge in [0, 0.05) is 0 Å². The number of hydrogen-bond acceptors (Lipinski definition) is 6. The van der Waals surface area contributed by atoms with Crippen LogP contribution in [0.2, 0.25) is 0 Å². The van der Waals surface area contributed by atoms with Crippen LogP contribution in [0.4, 0.5) is 0 Å². The number of carboxylic acids is 1. The van der Waals surface area contributed by atoms with E-state index in [1.165, 1.54) is 11.3 Å². The zero-order valence-electron chi connectivity index (χ0n) is 7.98. The van der Waals surface area contributed by atoms with Crippen LogP contribution in [0.5, 0.6) is 5.75 Å². The van der Waals surface area contributed by atoms with Crippen molar-refractivity contribution in [3.05, 3.63) is 8.26 Å². The molecular formula is C7H4Br2N4O3S. The van der Waals surface area contributed by atoms with Crippen LogP contribution in [0, 0.1) is 0 Å². The summed E-state index contributed by atoms with van der Waals surface area (Å²) in [5.74, 6) is -0.245. The van der Waals surface area contributed by atoms with Crippen LogP contribution in [0.25, 0.3) is 10.7 Å². The summed E-state index contributed by atoms with van der Waals surface area (Å²) in [6, 6.07) is 0. The molecule has 2 heterocycles. The Morgan fingerprint density at radius 3 is 2.88 bits per heavy atom. The second-order valence-electron chi connectivity index (χ2n) is 2.78. The molecule has 7 nitrogen and oxygen atoms in total. The fourth-order valence-electron chi connectivity index (χ4n) is 1.04. The number of nitrogens with one attached hydrogen (secondary N) is 1. The normalized spacial score (nSPS) is 10.5. The third-order valence-electron chi connectivity index (χ3n) is 1.67. The van der Waals surface area contributed by atoms with E-state index in [4.69, 9.17) is 9.84 Å². The van der Waals surface area contributed by atoms with Crippen molar-refractivity contribution in [1.29, 1.82) is 0 Å². The Bertz CT molecular complexity index is 542. The predicted molar refractivity (Wildman–Crippen MR) is 66.0 cm³/mol. The highest BCUT2D eigenvalue weighted by Crippen LogP contribution is 2.47. The average molecular weight is 384 g/mol. The van der Waals surface area contributed by atoms with Crippen LogP contribution in [0.1, 0.15) is 0 Å². The molecule has 2 N–H and O–H groups in total. The lowest BCUT2D eigenvalue weighted by molar-refractivity contribution is -0.139. The molecule has 0 fully saturated rings. The van der Waals surface area contributed by atoms with Gasteiger partial charge in [0.25, 0.3) is 0 Å². The standard InChI is InChI=1S/C7H4Br2N4O3S/c8-3-4(16-1-2(14)15)5(17-6(3)9)7-10-12-13-11-7/h1H2,(H,14,15)(H,10,11,12,13). The average Bonchev–Trinajstić information content (AvgIpc) is 2.87. The second-order valence-corrected chi connectivity index (χ2v) is 5.91. The van der Waals surface area contributed by atoms with Crippen molar-refractivity contribution in [3.8, 4) is 16.5 Å². The number of carbonyl (C=O) groups is 1. The van der Waals surface area contributed by atoms with Gasteiger partial charge in [0.1, 0.15) is 4.88 Å². The monoisotopic (exact) mass is 382 g/mol. The lowest BCUT2D eigenvalue weighted by Crippen LogP contribution is -2.09. The predicted octanol–water partition coefficient (Wildman–Crippen LogP) is 1.92. The molecule has 0 amide bonds. The number of nitrogens with zero attached hydrogens (tertiary/aromatic N) is 3. The molecule has 0 spiro atoms. The van der Waals surface area contributed by atoms with Crippen LogP contribution >= 0.6 is 43.2 Å². The van der Waals surface area contributed by atoms with Crippen molar-refractivity contribution in [1.82, 2.24) is 20.6 Å². The molecule has 0 aliphatic rings. The number of rotatable bonds is 4. The van der Waals surface area contributed by atoms with Crippen molar-refractivity contribution in [3.63, 3.8) is 0 Å². The molecule has 0 aliphatic heterocycles. The SMILES string of the molecule is O=C(O)COc1c(-c2nnn[nH]2)sc(Br)c1Br. The maximum absolute atomic E-state index is 10.5. The first-order valence-corrected chi connectivity index (χ1v) is 6.56. The molecule has 0 radical (unpaired) electrons. The van der Waals surface area contributed by atoms with E-state index in [2.05, 4.69) is 52.5 Å². The van der Waals surface area contributed by atoms with E-state index in [1.54, 1.807) is 0 Å². The van der Waals surface area contributed by atoms with Gasteiger partial charge in [-0.25, -0.2) is 9.89 Å². The van der Waals surface area contributed by atoms with E-state index in [0.29, 0.717) is 20.9 Å². The first kappa shape index (κ1) is 12.5. The smallest absolute Gasteiger partial charge is 0.341 e. The minimum Gasteiger partial charge on any atom is -0.479 e. The van der Waals surface area contributed by atoms with Gasteiger partial charge in [0.15, 0.2) is 18.2 Å². The van der Waals surface area contributed by atoms with Crippen molar-refractivity contribution in [2.75, 3.05) is 6.61 Å². The number of aromatic amines is 1. The Hall–Kier alpha value is -1.00. The lowest BCUT2D eigenvalue weighted by atomic mass is 10.4. The first-order chi connectivity index (χ1) is 8.09. The second kappa shape index (κ2) is 5.10. The summed E-state index contributed by atoms with van der Waals surface area (Å²) in [4.78, 5) is 11.1. The van der Waals surface area contributed by atoms with E-state index < -0.39 is 12.6 Å². The molecule has 0 aliphatic carbocycles. The van der Waals surface area contributed by atoms with Gasteiger partial charge in [-0.1, -0.05) is 0 Å². The Balaban J connectivity index is 2.38. The number of hydrogen-bond donors (Lipinski definition) is 2. The molecule has 0 saturated carbocycles. The van der Waals surface area contributed by atoms with E-state index in [9.17, 15) is 4.79 Å². The fourth-order valence-corrected chi connectivity index (χ4v) is 3.19. The van der Waals surface area contributed by atoms with Crippen molar-refractivity contribution < 1.29 is 14.6 Å². The molecule has 0 unspecified atom stereocenters. The maximum Gasteiger partial charge on any atom is 0.341 e. The van der Waals surface area contributed by atoms with Gasteiger partial charge in [0.2, 0.25) is 0 Å². The summed E-state index contributed by atoms with van der Waals surface area (Å²) in [6.07, 6.45) is 0. The highest BCUT2D eigenvalue weighted by molar-refractivity contribution is 9.13. The highest BCUT2D eigenvalue weighted by atomic mass is 79.9. The van der Waals surface area contributed by atoms with Crippen molar-refractivity contribution in [2.45, 2.75) is 0 Å². The quantitative estimate of drug-likeness (QED) is 0.836. The van der Waals surface area contributed by atoms with E-state index >= 15 is 0 Å². The molecule has 10 heteroatoms. The number of carboxylic acid groups (broad SMARTS) is 1. The van der Waals surface area contributed by atoms with Gasteiger partial charge in [-0.15, -0.1) is 16.4 Å². The molecule has 0 atom stereocenters. The summed E-state index contributed by atoms with van der Waals surface area (Å²) in [5.41, 5.74) is 0. The molecule has 2 aromatic heterocycles. The van der Waals surface area contributed by atoms with Crippen molar-refractivity contribution >= 4 is 49.2 Å². The summed E-state index contributed by atoms with van der Waals surface area (Å²) in [6.45, 7) is -0.434. The number of halogens is 2. The lowest BCUT2D eigenvalue weighted by Gasteiger charge is -2.03. The molecule has 0 aromatic carbocycles. The molecule has 17 heavy (non-hydrogen) atoms. The third-order valence-corrected chi connectivity index (χ3v) is 5.07. The summed E-state index contributed by atoms with van der Waals surface area (Å²) < 4.78 is 6.59. The van der Waals surface area contributed by atoms with Crippen molar-refractivity contribution in [2.24, 2.45) is 0 Å². The molecular weight excluding hydrogens is 380 g/mol. The largest absolute Gasteiger partial charge is 0.479 e. The van der Waals surface area contributed by atoms with E-state index in [0.717, 1.165) is 3.79 Å². The third kappa shape index (κ3) is 2.64. The number of aliphatic carboxylic acids is 1. The van der Waals surface area contributed by atoms with Crippen LogP contribution in [0.15, 0.2) is 8.26 Å². The Kier molecular flexibility index (Phi) is 3.74. The number of H-pyrrole nitrogens is 1. The number of thiophene rings is 1. The number of ether oxygens (including phenoxy) is 1. The topological polar surface area (TPSA) is 101 Å². The minimum absolute atomic E-state index is 0.392. The highest BCUT2D eigenvalue weighted by Gasteiger charge is 2.21. The summed E-state index contributed by atoms with van der Waals surface area (Å²) in [5, 5.41) is 21.9. The van der Waals surface area contributed by atoms with Gasteiger partial charge in [-0.3, -0.25) is 0 Å². The molecule has 0 bridgehead atoms. The fraction of sp³-hybridized carbons (Fsp3) is 0.143. The number of tetrazole rings is 1. The van der Waals surface area contributed by atoms with Crippen LogP contribution < -0.4 is 4.74 Å². The van der Waals surface area contributed by atoms with Crippen LogP contribution in [-0.4, -0.2) is 38.3 Å². The van der Waals surface area contributed by atoms with Gasteiger partial charge < -0.3 is 9.84 Å². The molecule has 0 saturated heterocycles. The first-order valence-electron chi connectivity index (χ1n) is 4.16. The number of aromatic nitrogens is 4. The molecule has 2 rings (SSSR count). The summed E-state index contributed by atoms with van der Waals surface area (Å²) in [7, 11) is 0. The van der Waals surface area contributed by atoms with Gasteiger partial charge in [0.05, 0.1) is 8.26 Å². The Morgan fingerprint density at radius 2 is 2.29 bits per heavy atom. The minimum atomic E-state index is -1.05. The molecule has 90 valence electrons. The van der Waals surface area contributed by atoms with E-state index in [1.807, 2.05) is 0 Å². The zero-order valence-corrected chi connectivity index (χ0v) is 12.0. The van der Waals surface area contributed by atoms with Gasteiger partial charge >= 0.3 is 5.97 Å². The van der Waals surface area contributed by atoms with Gasteiger partial charge in [-0.2, -0.15) is 0 Å². The van der Waals surface area contributed by atoms with Gasteiger partial charge in [-0.05, 0) is 42.3 Å². The van der Waals surface area contributed by atoms with E-state index in [-0.39, 0.29) is 0 Å². The maximum atomic E-state index is 10.5. The van der Waals surface area contributed by atoms with Crippen LogP contribution in [0.3, 0.4) is 0 Å². The Morgan fingerprint density at radius 1 is 1.53 bits per heavy atom. The zero-order chi connectivity index (χ0) is 12.4.